The third kappa shape index (κ3) is 2.50. The fraction of sp³-hybridized carbons (Fsp3) is 0.0476. The lowest BCUT2D eigenvalue weighted by atomic mass is 10.1. The second-order valence-corrected chi connectivity index (χ2v) is 5.54. The van der Waals surface area contributed by atoms with Crippen molar-refractivity contribution in [2.75, 3.05) is 7.11 Å². The van der Waals surface area contributed by atoms with Crippen molar-refractivity contribution in [1.29, 1.82) is 0 Å². The van der Waals surface area contributed by atoms with Crippen LogP contribution in [-0.4, -0.2) is 18.3 Å². The van der Waals surface area contributed by atoms with Crippen molar-refractivity contribution in [3.63, 3.8) is 0 Å². The van der Waals surface area contributed by atoms with Gasteiger partial charge in [-0.25, -0.2) is 0 Å². The number of hydrogen-bond acceptors (Lipinski definition) is 3. The zero-order chi connectivity index (χ0) is 16.4. The Morgan fingerprint density at radius 2 is 1.62 bits per heavy atom. The zero-order valence-corrected chi connectivity index (χ0v) is 13.3. The van der Waals surface area contributed by atoms with Crippen LogP contribution in [0.4, 0.5) is 0 Å². The lowest BCUT2D eigenvalue weighted by molar-refractivity contribution is 0.415. The molecule has 0 saturated carbocycles. The van der Waals surface area contributed by atoms with Crippen molar-refractivity contribution in [2.45, 2.75) is 0 Å². The Balaban J connectivity index is 1.70. The number of benzene rings is 2. The minimum atomic E-state index is 0.843. The lowest BCUT2D eigenvalue weighted by Crippen LogP contribution is -1.85. The Morgan fingerprint density at radius 1 is 0.875 bits per heavy atom. The van der Waals surface area contributed by atoms with E-state index >= 15 is 0 Å². The summed E-state index contributed by atoms with van der Waals surface area (Å²) in [6.07, 6.45) is 5.60. The molecule has 3 nitrogen and oxygen atoms in total. The number of aromatic nitrogens is 1. The van der Waals surface area contributed by atoms with Crippen molar-refractivity contribution in [1.82, 2.24) is 4.98 Å². The number of fused-ring (bicyclic) bond motifs is 3. The molecule has 0 radical (unpaired) electrons. The van der Waals surface area contributed by atoms with Gasteiger partial charge in [-0.15, -0.1) is 0 Å². The highest BCUT2D eigenvalue weighted by Gasteiger charge is 2.23. The fourth-order valence-corrected chi connectivity index (χ4v) is 2.93. The molecule has 3 aromatic rings. The maximum absolute atomic E-state index is 5.17. The van der Waals surface area contributed by atoms with E-state index in [1.807, 2.05) is 61.1 Å². The van der Waals surface area contributed by atoms with Gasteiger partial charge >= 0.3 is 0 Å². The monoisotopic (exact) mass is 312 g/mol. The molecular weight excluding hydrogens is 296 g/mol. The number of hydrogen-bond donors (Lipinski definition) is 0. The number of ether oxygens (including phenoxy) is 1. The second-order valence-electron chi connectivity index (χ2n) is 5.54. The minimum Gasteiger partial charge on any atom is -0.497 e. The number of nitrogens with zero attached hydrogens (tertiary/aromatic N) is 2. The molecule has 0 unspecified atom stereocenters. The molecule has 0 bridgehead atoms. The van der Waals surface area contributed by atoms with Gasteiger partial charge in [-0.2, -0.15) is 0 Å². The van der Waals surface area contributed by atoms with Crippen LogP contribution in [0.3, 0.4) is 0 Å². The lowest BCUT2D eigenvalue weighted by Gasteiger charge is -2.00. The maximum atomic E-state index is 5.17. The summed E-state index contributed by atoms with van der Waals surface area (Å²) >= 11 is 0. The molecule has 1 aliphatic rings. The van der Waals surface area contributed by atoms with E-state index in [0.29, 0.717) is 0 Å². The van der Waals surface area contributed by atoms with Crippen molar-refractivity contribution in [3.8, 4) is 17.0 Å². The van der Waals surface area contributed by atoms with Gasteiger partial charge in [0.05, 0.1) is 12.8 Å². The van der Waals surface area contributed by atoms with Crippen LogP contribution in [0.25, 0.3) is 16.8 Å². The number of aliphatic imine (C=N–C) groups is 1. The molecule has 2 aromatic carbocycles. The normalized spacial score (nSPS) is 14.0. The first-order valence-electron chi connectivity index (χ1n) is 7.79. The predicted octanol–water partition coefficient (Wildman–Crippen LogP) is 4.58. The number of pyridine rings is 1. The van der Waals surface area contributed by atoms with E-state index in [2.05, 4.69) is 28.2 Å². The van der Waals surface area contributed by atoms with Crippen LogP contribution in [-0.2, 0) is 0 Å². The van der Waals surface area contributed by atoms with Crippen molar-refractivity contribution in [2.24, 2.45) is 4.99 Å². The molecule has 24 heavy (non-hydrogen) atoms. The van der Waals surface area contributed by atoms with Gasteiger partial charge in [0.1, 0.15) is 5.75 Å². The van der Waals surface area contributed by atoms with Crippen LogP contribution in [0, 0.1) is 0 Å². The van der Waals surface area contributed by atoms with E-state index in [9.17, 15) is 0 Å². The molecule has 0 amide bonds. The van der Waals surface area contributed by atoms with Gasteiger partial charge in [0, 0.05) is 35.3 Å². The highest BCUT2D eigenvalue weighted by atomic mass is 16.5. The molecule has 0 saturated heterocycles. The Bertz CT molecular complexity index is 893. The van der Waals surface area contributed by atoms with Crippen LogP contribution < -0.4 is 4.74 Å². The van der Waals surface area contributed by atoms with Crippen molar-refractivity contribution in [3.05, 3.63) is 89.8 Å². The predicted molar refractivity (Wildman–Crippen MR) is 97.3 cm³/mol. The molecule has 0 atom stereocenters. The molecule has 0 N–H and O–H groups in total. The summed E-state index contributed by atoms with van der Waals surface area (Å²) in [6.45, 7) is 0. The summed E-state index contributed by atoms with van der Waals surface area (Å²) in [7, 11) is 1.66. The SMILES string of the molecule is COc1ccc(C=N/C=C2/c3ccccc3-c3ncccc32)cc1. The topological polar surface area (TPSA) is 34.5 Å². The van der Waals surface area contributed by atoms with Crippen LogP contribution >= 0.6 is 0 Å². The Labute approximate surface area is 141 Å². The molecule has 1 heterocycles. The fourth-order valence-electron chi connectivity index (χ4n) is 2.93. The largest absolute Gasteiger partial charge is 0.497 e. The van der Waals surface area contributed by atoms with Crippen LogP contribution in [0.5, 0.6) is 5.75 Å². The van der Waals surface area contributed by atoms with Gasteiger partial charge in [-0.1, -0.05) is 30.3 Å². The minimum absolute atomic E-state index is 0.843. The van der Waals surface area contributed by atoms with Crippen molar-refractivity contribution >= 4 is 11.8 Å². The average molecular weight is 312 g/mol. The third-order valence-corrected chi connectivity index (χ3v) is 4.11. The van der Waals surface area contributed by atoms with Crippen LogP contribution in [0.15, 0.2) is 78.1 Å². The number of rotatable bonds is 3. The summed E-state index contributed by atoms with van der Waals surface area (Å²) in [6, 6.07) is 20.2. The number of methoxy groups -OCH3 is 1. The van der Waals surface area contributed by atoms with Gasteiger partial charge in [-0.05, 0) is 41.5 Å². The second kappa shape index (κ2) is 6.13. The Morgan fingerprint density at radius 3 is 2.42 bits per heavy atom. The van der Waals surface area contributed by atoms with E-state index in [0.717, 1.165) is 28.1 Å². The zero-order valence-electron chi connectivity index (χ0n) is 13.3. The highest BCUT2D eigenvalue weighted by Crippen LogP contribution is 2.42. The molecule has 0 spiro atoms. The Kier molecular flexibility index (Phi) is 3.67. The van der Waals surface area contributed by atoms with E-state index in [1.54, 1.807) is 7.11 Å². The summed E-state index contributed by atoms with van der Waals surface area (Å²) < 4.78 is 5.17. The molecule has 4 rings (SSSR count). The smallest absolute Gasteiger partial charge is 0.118 e. The maximum Gasteiger partial charge on any atom is 0.118 e. The average Bonchev–Trinajstić information content (AvgIpc) is 2.97. The summed E-state index contributed by atoms with van der Waals surface area (Å²) in [5.74, 6) is 0.843. The molecule has 1 aromatic heterocycles. The molecule has 0 fully saturated rings. The third-order valence-electron chi connectivity index (χ3n) is 4.11. The van der Waals surface area contributed by atoms with Gasteiger partial charge in [0.25, 0.3) is 0 Å². The van der Waals surface area contributed by atoms with Gasteiger partial charge in [0.15, 0.2) is 0 Å². The van der Waals surface area contributed by atoms with E-state index in [-0.39, 0.29) is 0 Å². The van der Waals surface area contributed by atoms with Crippen LogP contribution in [0.2, 0.25) is 0 Å². The molecule has 0 aliphatic heterocycles. The van der Waals surface area contributed by atoms with Gasteiger partial charge in [-0.3, -0.25) is 9.98 Å². The Hall–Kier alpha value is -3.20. The summed E-state index contributed by atoms with van der Waals surface area (Å²) in [4.78, 5) is 9.05. The quantitative estimate of drug-likeness (QED) is 0.519. The van der Waals surface area contributed by atoms with Crippen molar-refractivity contribution < 1.29 is 4.74 Å². The van der Waals surface area contributed by atoms with E-state index < -0.39 is 0 Å². The first-order valence-corrected chi connectivity index (χ1v) is 7.79. The summed E-state index contributed by atoms with van der Waals surface area (Å²) in [5, 5.41) is 0. The summed E-state index contributed by atoms with van der Waals surface area (Å²) in [5.41, 5.74) is 6.64. The molecule has 1 aliphatic carbocycles. The standard InChI is InChI=1S/C21H16N2O/c1-24-16-10-8-15(9-11-16)13-22-14-20-17-5-2-3-6-18(17)21-19(20)7-4-12-23-21/h2-14H,1H3/b20-14-,22-13?. The molecular formula is C21H16N2O. The van der Waals surface area contributed by atoms with E-state index in [1.165, 1.54) is 11.1 Å². The molecule has 3 heteroatoms. The van der Waals surface area contributed by atoms with E-state index in [4.69, 9.17) is 4.74 Å². The van der Waals surface area contributed by atoms with Gasteiger partial charge < -0.3 is 4.74 Å². The van der Waals surface area contributed by atoms with Crippen LogP contribution in [0.1, 0.15) is 16.7 Å². The highest BCUT2D eigenvalue weighted by molar-refractivity contribution is 5.99. The first kappa shape index (κ1) is 14.4. The van der Waals surface area contributed by atoms with Gasteiger partial charge in [0.2, 0.25) is 0 Å². The molecule has 116 valence electrons. The first-order chi connectivity index (χ1) is 11.9.